The normalized spacial score (nSPS) is 14.9. The van der Waals surface area contributed by atoms with E-state index in [2.05, 4.69) is 10.6 Å². The predicted octanol–water partition coefficient (Wildman–Crippen LogP) is 0.740. The van der Waals surface area contributed by atoms with Crippen molar-refractivity contribution in [2.75, 3.05) is 12.4 Å². The van der Waals surface area contributed by atoms with Crippen LogP contribution in [-0.4, -0.2) is 40.6 Å². The van der Waals surface area contributed by atoms with Gasteiger partial charge in [0.15, 0.2) is 10.9 Å². The number of anilines is 1. The maximum atomic E-state index is 12.4. The lowest BCUT2D eigenvalue weighted by Crippen LogP contribution is -2.50. The second-order valence-corrected chi connectivity index (χ2v) is 5.46. The molecule has 0 unspecified atom stereocenters. The van der Waals surface area contributed by atoms with Gasteiger partial charge in [-0.05, 0) is 43.4 Å². The number of hydrogen-bond donors (Lipinski definition) is 2. The summed E-state index contributed by atoms with van der Waals surface area (Å²) < 4.78 is 5.02. The maximum Gasteiger partial charge on any atom is 0.260 e. The zero-order valence-electron chi connectivity index (χ0n) is 13.5. The third-order valence-corrected chi connectivity index (χ3v) is 3.57. The Labute approximate surface area is 148 Å². The van der Waals surface area contributed by atoms with E-state index in [-0.39, 0.29) is 10.7 Å². The first kappa shape index (κ1) is 18.3. The number of carbonyl (C=O) groups excluding carboxylic acids is 4. The summed E-state index contributed by atoms with van der Waals surface area (Å²) >= 11 is 4.90. The molecule has 1 aliphatic rings. The average Bonchev–Trinajstić information content (AvgIpc) is 2.54. The van der Waals surface area contributed by atoms with Gasteiger partial charge in [-0.15, -0.1) is 0 Å². The highest BCUT2D eigenvalue weighted by molar-refractivity contribution is 7.80. The standard InChI is InChI=1S/C16H15N3O5S/c1-9(20)12(8-19-14(22)7-13(21)18-16(19)25)15(23)17-10-3-5-11(24-2)6-4-10/h3-6,8H,7H2,1-2H3,(H,17,23)(H,18,21,25)/b12-8+. The molecule has 1 heterocycles. The van der Waals surface area contributed by atoms with Crippen molar-refractivity contribution in [3.8, 4) is 5.75 Å². The molecule has 0 atom stereocenters. The number of rotatable bonds is 5. The van der Waals surface area contributed by atoms with E-state index >= 15 is 0 Å². The molecule has 1 fully saturated rings. The van der Waals surface area contributed by atoms with Crippen LogP contribution in [-0.2, 0) is 19.2 Å². The first-order valence-corrected chi connectivity index (χ1v) is 7.56. The van der Waals surface area contributed by atoms with E-state index in [1.807, 2.05) is 0 Å². The van der Waals surface area contributed by atoms with Crippen LogP contribution in [0.5, 0.6) is 5.75 Å². The Bertz CT molecular complexity index is 765. The number of carbonyl (C=O) groups is 4. The highest BCUT2D eigenvalue weighted by atomic mass is 32.1. The van der Waals surface area contributed by atoms with Crippen LogP contribution >= 0.6 is 12.2 Å². The highest BCUT2D eigenvalue weighted by Crippen LogP contribution is 2.16. The molecule has 0 spiro atoms. The monoisotopic (exact) mass is 361 g/mol. The molecule has 0 aromatic heterocycles. The van der Waals surface area contributed by atoms with E-state index in [0.717, 1.165) is 11.1 Å². The van der Waals surface area contributed by atoms with Crippen LogP contribution < -0.4 is 15.4 Å². The fourth-order valence-corrected chi connectivity index (χ4v) is 2.27. The third-order valence-electron chi connectivity index (χ3n) is 3.28. The summed E-state index contributed by atoms with van der Waals surface area (Å²) in [4.78, 5) is 48.2. The Morgan fingerprint density at radius 3 is 2.44 bits per heavy atom. The van der Waals surface area contributed by atoms with Gasteiger partial charge in [0.1, 0.15) is 12.2 Å². The summed E-state index contributed by atoms with van der Waals surface area (Å²) in [5, 5.41) is 4.67. The number of hydrogen-bond acceptors (Lipinski definition) is 6. The van der Waals surface area contributed by atoms with Gasteiger partial charge in [0.05, 0.1) is 12.7 Å². The molecule has 9 heteroatoms. The van der Waals surface area contributed by atoms with E-state index in [4.69, 9.17) is 17.0 Å². The van der Waals surface area contributed by atoms with Crippen molar-refractivity contribution in [2.45, 2.75) is 13.3 Å². The molecule has 3 amide bonds. The summed E-state index contributed by atoms with van der Waals surface area (Å²) in [6, 6.07) is 6.49. The smallest absolute Gasteiger partial charge is 0.260 e. The number of amides is 3. The zero-order valence-corrected chi connectivity index (χ0v) is 14.3. The lowest BCUT2D eigenvalue weighted by atomic mass is 10.1. The fourth-order valence-electron chi connectivity index (χ4n) is 2.00. The molecule has 0 radical (unpaired) electrons. The Kier molecular flexibility index (Phi) is 5.60. The number of Topliss-reactive ketones (excluding diaryl/α,β-unsaturated/α-hetero) is 1. The highest BCUT2D eigenvalue weighted by Gasteiger charge is 2.28. The Morgan fingerprint density at radius 2 is 1.92 bits per heavy atom. The number of nitrogens with zero attached hydrogens (tertiary/aromatic N) is 1. The molecule has 8 nitrogen and oxygen atoms in total. The molecule has 0 bridgehead atoms. The summed E-state index contributed by atoms with van der Waals surface area (Å²) in [5.41, 5.74) is 0.168. The van der Waals surface area contributed by atoms with E-state index < -0.39 is 29.9 Å². The molecule has 1 aromatic carbocycles. The van der Waals surface area contributed by atoms with Crippen molar-refractivity contribution < 1.29 is 23.9 Å². The van der Waals surface area contributed by atoms with Crippen molar-refractivity contribution in [2.24, 2.45) is 0 Å². The van der Waals surface area contributed by atoms with Crippen molar-refractivity contribution in [1.29, 1.82) is 0 Å². The van der Waals surface area contributed by atoms with Crippen LogP contribution in [0.15, 0.2) is 36.0 Å². The average molecular weight is 361 g/mol. The molecule has 1 saturated heterocycles. The summed E-state index contributed by atoms with van der Waals surface area (Å²) in [6.07, 6.45) is 0.618. The van der Waals surface area contributed by atoms with Crippen LogP contribution in [0.1, 0.15) is 13.3 Å². The van der Waals surface area contributed by atoms with E-state index in [1.165, 1.54) is 14.0 Å². The molecular formula is C16H15N3O5S. The second kappa shape index (κ2) is 7.67. The van der Waals surface area contributed by atoms with Crippen LogP contribution in [0, 0.1) is 0 Å². The van der Waals surface area contributed by atoms with Gasteiger partial charge in [0.2, 0.25) is 11.8 Å². The van der Waals surface area contributed by atoms with Gasteiger partial charge < -0.3 is 15.4 Å². The third kappa shape index (κ3) is 4.48. The van der Waals surface area contributed by atoms with Gasteiger partial charge in [-0.1, -0.05) is 0 Å². The topological polar surface area (TPSA) is 105 Å². The first-order chi connectivity index (χ1) is 11.8. The van der Waals surface area contributed by atoms with Crippen molar-refractivity contribution >= 4 is 46.5 Å². The van der Waals surface area contributed by atoms with Gasteiger partial charge in [-0.25, -0.2) is 0 Å². The van der Waals surface area contributed by atoms with Crippen molar-refractivity contribution in [3.05, 3.63) is 36.0 Å². The first-order valence-electron chi connectivity index (χ1n) is 7.16. The number of thiocarbonyl (C=S) groups is 1. The van der Waals surface area contributed by atoms with Gasteiger partial charge in [-0.3, -0.25) is 24.1 Å². The SMILES string of the molecule is COc1ccc(NC(=O)/C(=C/N2C(=O)CC(=O)NC2=S)C(C)=O)cc1. The molecule has 130 valence electrons. The fraction of sp³-hybridized carbons (Fsp3) is 0.188. The Morgan fingerprint density at radius 1 is 1.28 bits per heavy atom. The van der Waals surface area contributed by atoms with Gasteiger partial charge >= 0.3 is 0 Å². The second-order valence-electron chi connectivity index (χ2n) is 5.08. The molecule has 0 saturated carbocycles. The summed E-state index contributed by atoms with van der Waals surface area (Å²) in [5.74, 6) is -1.81. The van der Waals surface area contributed by atoms with Gasteiger partial charge in [-0.2, -0.15) is 0 Å². The Balaban J connectivity index is 2.22. The van der Waals surface area contributed by atoms with Gasteiger partial charge in [0, 0.05) is 11.9 Å². The minimum absolute atomic E-state index is 0.183. The summed E-state index contributed by atoms with van der Waals surface area (Å²) in [6.45, 7) is 1.19. The van der Waals surface area contributed by atoms with Gasteiger partial charge in [0.25, 0.3) is 5.91 Å². The number of nitrogens with one attached hydrogen (secondary N) is 2. The number of methoxy groups -OCH3 is 1. The molecule has 1 aromatic rings. The number of ether oxygens (including phenoxy) is 1. The maximum absolute atomic E-state index is 12.4. The summed E-state index contributed by atoms with van der Waals surface area (Å²) in [7, 11) is 1.52. The molecule has 2 N–H and O–H groups in total. The van der Waals surface area contributed by atoms with Crippen LogP contribution in [0.3, 0.4) is 0 Å². The number of benzene rings is 1. The predicted molar refractivity (Wildman–Crippen MR) is 92.6 cm³/mol. The molecule has 0 aliphatic carbocycles. The van der Waals surface area contributed by atoms with Crippen LogP contribution in [0.2, 0.25) is 0 Å². The quantitative estimate of drug-likeness (QED) is 0.347. The molecular weight excluding hydrogens is 346 g/mol. The molecule has 25 heavy (non-hydrogen) atoms. The number of ketones is 1. The van der Waals surface area contributed by atoms with Crippen molar-refractivity contribution in [1.82, 2.24) is 10.2 Å². The van der Waals surface area contributed by atoms with Crippen molar-refractivity contribution in [3.63, 3.8) is 0 Å². The molecule has 2 rings (SSSR count). The minimum atomic E-state index is -0.704. The lowest BCUT2D eigenvalue weighted by Gasteiger charge is -2.24. The Hall–Kier alpha value is -3.07. The zero-order chi connectivity index (χ0) is 18.6. The van der Waals surface area contributed by atoms with E-state index in [1.54, 1.807) is 24.3 Å². The van der Waals surface area contributed by atoms with E-state index in [9.17, 15) is 19.2 Å². The minimum Gasteiger partial charge on any atom is -0.497 e. The van der Waals surface area contributed by atoms with Crippen LogP contribution in [0.4, 0.5) is 5.69 Å². The molecule has 1 aliphatic heterocycles. The van der Waals surface area contributed by atoms with Crippen LogP contribution in [0.25, 0.3) is 0 Å². The lowest BCUT2D eigenvalue weighted by molar-refractivity contribution is -0.133. The largest absolute Gasteiger partial charge is 0.497 e. The van der Waals surface area contributed by atoms with E-state index in [0.29, 0.717) is 11.4 Å².